The molecule has 0 aliphatic carbocycles. The zero-order valence-corrected chi connectivity index (χ0v) is 14.9. The number of carbonyl (C=O) groups excluding carboxylic acids is 4. The summed E-state index contributed by atoms with van der Waals surface area (Å²) in [5.41, 5.74) is 1.43. The van der Waals surface area contributed by atoms with E-state index in [0.29, 0.717) is 17.7 Å². The monoisotopic (exact) mass is 376 g/mol. The van der Waals surface area contributed by atoms with Crippen LogP contribution in [0.15, 0.2) is 42.5 Å². The van der Waals surface area contributed by atoms with Crippen LogP contribution in [0.1, 0.15) is 54.3 Å². The second-order valence-corrected chi connectivity index (χ2v) is 7.08. The molecular formula is C21H16N2O5. The highest BCUT2D eigenvalue weighted by Crippen LogP contribution is 2.33. The first-order valence-electron chi connectivity index (χ1n) is 9.16. The number of amides is 4. The van der Waals surface area contributed by atoms with E-state index in [4.69, 9.17) is 4.74 Å². The number of nitrogens with zero attached hydrogens (tertiary/aromatic N) is 2. The van der Waals surface area contributed by atoms with E-state index >= 15 is 0 Å². The lowest BCUT2D eigenvalue weighted by Gasteiger charge is -2.18. The summed E-state index contributed by atoms with van der Waals surface area (Å²) in [5.74, 6) is -1.67. The average molecular weight is 376 g/mol. The molecule has 1 fully saturated rings. The molecule has 28 heavy (non-hydrogen) atoms. The standard InChI is InChI=1S/C21H16N2O5/c24-18-16-8-7-12(23-20(26)14-5-1-2-6-15(14)21(23)27)10-17(16)19(25)22(18)11-13-4-3-9-28-13/h1-2,5-8,10,13H,3-4,9,11H2. The van der Waals surface area contributed by atoms with Crippen LogP contribution >= 0.6 is 0 Å². The average Bonchev–Trinajstić information content (AvgIpc) is 3.37. The minimum atomic E-state index is -0.437. The molecule has 0 aromatic heterocycles. The Morgan fingerprint density at radius 3 is 2.11 bits per heavy atom. The lowest BCUT2D eigenvalue weighted by atomic mass is 10.1. The van der Waals surface area contributed by atoms with Crippen molar-refractivity contribution in [2.24, 2.45) is 0 Å². The number of benzene rings is 2. The number of fused-ring (bicyclic) bond motifs is 2. The summed E-state index contributed by atoms with van der Waals surface area (Å²) in [4.78, 5) is 53.0. The third-order valence-electron chi connectivity index (χ3n) is 5.42. The first kappa shape index (κ1) is 16.8. The molecule has 1 saturated heterocycles. The van der Waals surface area contributed by atoms with Gasteiger partial charge in [0.15, 0.2) is 0 Å². The molecule has 3 heterocycles. The van der Waals surface area contributed by atoms with Gasteiger partial charge in [-0.2, -0.15) is 0 Å². The number of anilines is 1. The van der Waals surface area contributed by atoms with E-state index in [1.165, 1.54) is 23.1 Å². The SMILES string of the molecule is O=C1c2ccc(N3C(=O)c4ccccc4C3=O)cc2C(=O)N1CC1CCCO1. The molecule has 2 aromatic carbocycles. The zero-order valence-electron chi connectivity index (χ0n) is 14.9. The minimum Gasteiger partial charge on any atom is -0.376 e. The molecule has 5 rings (SSSR count). The van der Waals surface area contributed by atoms with Gasteiger partial charge < -0.3 is 4.74 Å². The van der Waals surface area contributed by atoms with Crippen molar-refractivity contribution < 1.29 is 23.9 Å². The van der Waals surface area contributed by atoms with Crippen molar-refractivity contribution >= 4 is 29.3 Å². The fraction of sp³-hybridized carbons (Fsp3) is 0.238. The molecule has 0 bridgehead atoms. The Balaban J connectivity index is 1.48. The Kier molecular flexibility index (Phi) is 3.67. The molecule has 7 heteroatoms. The molecule has 2 aromatic rings. The maximum atomic E-state index is 12.8. The molecule has 0 N–H and O–H groups in total. The second-order valence-electron chi connectivity index (χ2n) is 7.08. The summed E-state index contributed by atoms with van der Waals surface area (Å²) in [7, 11) is 0. The maximum absolute atomic E-state index is 12.8. The van der Waals surface area contributed by atoms with Crippen LogP contribution in [0.2, 0.25) is 0 Å². The number of hydrogen-bond acceptors (Lipinski definition) is 5. The largest absolute Gasteiger partial charge is 0.376 e. The van der Waals surface area contributed by atoms with Crippen LogP contribution < -0.4 is 4.90 Å². The number of hydrogen-bond donors (Lipinski definition) is 0. The predicted molar refractivity (Wildman–Crippen MR) is 98.4 cm³/mol. The summed E-state index contributed by atoms with van der Waals surface area (Å²) in [6.45, 7) is 0.854. The van der Waals surface area contributed by atoms with Gasteiger partial charge in [0.25, 0.3) is 23.6 Å². The van der Waals surface area contributed by atoms with E-state index < -0.39 is 17.7 Å². The van der Waals surface area contributed by atoms with Crippen LogP contribution in [0.5, 0.6) is 0 Å². The molecule has 1 atom stereocenters. The number of carbonyl (C=O) groups is 4. The molecule has 7 nitrogen and oxygen atoms in total. The van der Waals surface area contributed by atoms with Crippen LogP contribution in [0, 0.1) is 0 Å². The summed E-state index contributed by atoms with van der Waals surface area (Å²) < 4.78 is 5.54. The van der Waals surface area contributed by atoms with Gasteiger partial charge in [-0.3, -0.25) is 24.1 Å². The first-order chi connectivity index (χ1) is 13.6. The molecule has 3 aliphatic rings. The van der Waals surface area contributed by atoms with E-state index in [2.05, 4.69) is 0 Å². The third-order valence-corrected chi connectivity index (χ3v) is 5.42. The third kappa shape index (κ3) is 2.33. The van der Waals surface area contributed by atoms with Crippen molar-refractivity contribution in [2.75, 3.05) is 18.1 Å². The second kappa shape index (κ2) is 6.10. The molecule has 0 saturated carbocycles. The van der Waals surface area contributed by atoms with Gasteiger partial charge in [0.1, 0.15) is 0 Å². The van der Waals surface area contributed by atoms with Crippen LogP contribution in [0.4, 0.5) is 5.69 Å². The van der Waals surface area contributed by atoms with Crippen LogP contribution in [-0.2, 0) is 4.74 Å². The van der Waals surface area contributed by atoms with E-state index in [0.717, 1.165) is 17.7 Å². The highest BCUT2D eigenvalue weighted by atomic mass is 16.5. The van der Waals surface area contributed by atoms with Gasteiger partial charge in [0, 0.05) is 6.61 Å². The number of ether oxygens (including phenoxy) is 1. The van der Waals surface area contributed by atoms with Crippen LogP contribution in [0.25, 0.3) is 0 Å². The molecule has 3 aliphatic heterocycles. The topological polar surface area (TPSA) is 84.0 Å². The normalized spacial score (nSPS) is 20.9. The number of rotatable bonds is 3. The smallest absolute Gasteiger partial charge is 0.266 e. The molecule has 4 amide bonds. The lowest BCUT2D eigenvalue weighted by molar-refractivity contribution is 0.0475. The molecular weight excluding hydrogens is 360 g/mol. The Morgan fingerprint density at radius 2 is 1.46 bits per heavy atom. The van der Waals surface area contributed by atoms with E-state index in [9.17, 15) is 19.2 Å². The molecule has 140 valence electrons. The Bertz CT molecular complexity index is 1020. The van der Waals surface area contributed by atoms with Crippen molar-refractivity contribution in [3.63, 3.8) is 0 Å². The Labute approximate surface area is 160 Å². The van der Waals surface area contributed by atoms with Gasteiger partial charge in [-0.15, -0.1) is 0 Å². The van der Waals surface area contributed by atoms with E-state index in [1.807, 2.05) is 0 Å². The summed E-state index contributed by atoms with van der Waals surface area (Å²) in [6, 6.07) is 11.1. The van der Waals surface area contributed by atoms with Crippen molar-refractivity contribution in [1.82, 2.24) is 4.90 Å². The van der Waals surface area contributed by atoms with Crippen LogP contribution in [-0.4, -0.2) is 47.8 Å². The number of imide groups is 2. The molecule has 0 radical (unpaired) electrons. The van der Waals surface area contributed by atoms with Gasteiger partial charge in [0.2, 0.25) is 0 Å². The quantitative estimate of drug-likeness (QED) is 0.768. The van der Waals surface area contributed by atoms with Gasteiger partial charge in [-0.1, -0.05) is 12.1 Å². The minimum absolute atomic E-state index is 0.141. The van der Waals surface area contributed by atoms with Crippen molar-refractivity contribution in [2.45, 2.75) is 18.9 Å². The predicted octanol–water partition coefficient (Wildman–Crippen LogP) is 2.26. The van der Waals surface area contributed by atoms with Gasteiger partial charge in [0.05, 0.1) is 40.6 Å². The highest BCUT2D eigenvalue weighted by molar-refractivity contribution is 6.34. The fourth-order valence-corrected chi connectivity index (χ4v) is 4.00. The lowest BCUT2D eigenvalue weighted by Crippen LogP contribution is -2.36. The summed E-state index contributed by atoms with van der Waals surface area (Å²) in [6.07, 6.45) is 1.59. The Hall–Kier alpha value is -3.32. The highest BCUT2D eigenvalue weighted by Gasteiger charge is 2.40. The van der Waals surface area contributed by atoms with Crippen molar-refractivity contribution in [3.05, 3.63) is 64.7 Å². The van der Waals surface area contributed by atoms with Crippen LogP contribution in [0.3, 0.4) is 0 Å². The van der Waals surface area contributed by atoms with Crippen molar-refractivity contribution in [1.29, 1.82) is 0 Å². The fourth-order valence-electron chi connectivity index (χ4n) is 4.00. The maximum Gasteiger partial charge on any atom is 0.266 e. The summed E-state index contributed by atoms with van der Waals surface area (Å²) in [5, 5.41) is 0. The van der Waals surface area contributed by atoms with Crippen molar-refractivity contribution in [3.8, 4) is 0 Å². The first-order valence-corrected chi connectivity index (χ1v) is 9.16. The summed E-state index contributed by atoms with van der Waals surface area (Å²) >= 11 is 0. The zero-order chi connectivity index (χ0) is 19.4. The molecule has 0 spiro atoms. The van der Waals surface area contributed by atoms with Gasteiger partial charge in [-0.25, -0.2) is 4.90 Å². The van der Waals surface area contributed by atoms with E-state index in [1.54, 1.807) is 24.3 Å². The van der Waals surface area contributed by atoms with Gasteiger partial charge in [-0.05, 0) is 43.2 Å². The van der Waals surface area contributed by atoms with Gasteiger partial charge >= 0.3 is 0 Å². The van der Waals surface area contributed by atoms with E-state index in [-0.39, 0.29) is 35.4 Å². The Morgan fingerprint density at radius 1 is 0.821 bits per heavy atom. The molecule has 1 unspecified atom stereocenters.